The summed E-state index contributed by atoms with van der Waals surface area (Å²) in [5, 5.41) is 4.88. The van der Waals surface area contributed by atoms with Crippen molar-refractivity contribution in [2.45, 2.75) is 36.9 Å². The van der Waals surface area contributed by atoms with Gasteiger partial charge in [0, 0.05) is 55.4 Å². The van der Waals surface area contributed by atoms with Crippen LogP contribution in [0.4, 0.5) is 14.7 Å². The smallest absolute Gasteiger partial charge is 0.294 e. The molecule has 0 unspecified atom stereocenters. The van der Waals surface area contributed by atoms with Crippen molar-refractivity contribution in [3.8, 4) is 23.0 Å². The van der Waals surface area contributed by atoms with E-state index in [1.54, 1.807) is 38.5 Å². The molecule has 0 saturated heterocycles. The first-order chi connectivity index (χ1) is 24.2. The number of halogens is 2. The first-order valence-electron chi connectivity index (χ1n) is 15.4. The molecule has 258 valence electrons. The molecule has 1 N–H and O–H groups in total. The van der Waals surface area contributed by atoms with Crippen LogP contribution < -0.4 is 25.9 Å². The number of benzene rings is 2. The van der Waals surface area contributed by atoms with E-state index in [2.05, 4.69) is 30.1 Å². The van der Waals surface area contributed by atoms with Gasteiger partial charge in [0.1, 0.15) is 46.5 Å². The summed E-state index contributed by atoms with van der Waals surface area (Å²) >= 11 is 0.826. The van der Waals surface area contributed by atoms with E-state index in [-0.39, 0.29) is 33.7 Å². The Morgan fingerprint density at radius 3 is 1.86 bits per heavy atom. The Morgan fingerprint density at radius 1 is 0.780 bits per heavy atom. The largest absolute Gasteiger partial charge is 0.451 e. The number of rotatable bonds is 9. The van der Waals surface area contributed by atoms with Crippen LogP contribution in [-0.4, -0.2) is 42.2 Å². The number of hydrogen-bond acceptors (Lipinski definition) is 12. The van der Waals surface area contributed by atoms with Crippen molar-refractivity contribution in [3.05, 3.63) is 105 Å². The molecular formula is C34H31F2N7O6S. The van der Waals surface area contributed by atoms with Gasteiger partial charge in [-0.2, -0.15) is 9.32 Å². The minimum atomic E-state index is -0.451. The Bertz CT molecular complexity index is 2280. The Balaban J connectivity index is 0.000000174. The van der Waals surface area contributed by atoms with Crippen molar-refractivity contribution in [2.24, 2.45) is 14.1 Å². The zero-order chi connectivity index (χ0) is 35.2. The topological polar surface area (TPSA) is 145 Å². The Labute approximate surface area is 288 Å². The Hall–Kier alpha value is -5.45. The van der Waals surface area contributed by atoms with Gasteiger partial charge in [0.15, 0.2) is 11.5 Å². The van der Waals surface area contributed by atoms with Gasteiger partial charge in [-0.15, -0.1) is 0 Å². The minimum absolute atomic E-state index is 0.0488. The molecule has 1 aliphatic rings. The highest BCUT2D eigenvalue weighted by molar-refractivity contribution is 7.94. The fourth-order valence-corrected chi connectivity index (χ4v) is 5.65. The molecule has 50 heavy (non-hydrogen) atoms. The summed E-state index contributed by atoms with van der Waals surface area (Å²) < 4.78 is 45.1. The Morgan fingerprint density at radius 2 is 1.32 bits per heavy atom. The maximum atomic E-state index is 13.3. The van der Waals surface area contributed by atoms with E-state index in [9.17, 15) is 18.4 Å². The molecule has 0 spiro atoms. The lowest BCUT2D eigenvalue weighted by Crippen LogP contribution is -2.21. The highest BCUT2D eigenvalue weighted by Gasteiger charge is 2.17. The molecular weight excluding hydrogens is 672 g/mol. The molecule has 16 heteroatoms. The number of hydrogen-bond donors (Lipinski definition) is 1. The van der Waals surface area contributed by atoms with Gasteiger partial charge in [-0.25, -0.2) is 28.6 Å². The van der Waals surface area contributed by atoms with E-state index in [4.69, 9.17) is 13.8 Å². The minimum Gasteiger partial charge on any atom is -0.451 e. The van der Waals surface area contributed by atoms with Gasteiger partial charge >= 0.3 is 0 Å². The first kappa shape index (κ1) is 34.4. The van der Waals surface area contributed by atoms with E-state index < -0.39 is 17.2 Å². The van der Waals surface area contributed by atoms with Crippen LogP contribution in [-0.2, 0) is 23.3 Å². The third-order valence-electron chi connectivity index (χ3n) is 7.72. The Kier molecular flexibility index (Phi) is 10.6. The molecule has 1 aliphatic carbocycles. The molecule has 0 radical (unpaired) electrons. The third-order valence-corrected chi connectivity index (χ3v) is 8.27. The lowest BCUT2D eigenvalue weighted by atomic mass is 10.2. The second-order valence-corrected chi connectivity index (χ2v) is 11.9. The zero-order valence-electron chi connectivity index (χ0n) is 27.1. The summed E-state index contributed by atoms with van der Waals surface area (Å²) in [4.78, 5) is 46.6. The van der Waals surface area contributed by atoms with Gasteiger partial charge < -0.3 is 14.8 Å². The lowest BCUT2D eigenvalue weighted by Gasteiger charge is -2.13. The summed E-state index contributed by atoms with van der Waals surface area (Å²) in [6, 6.07) is 14.7. The normalized spacial score (nSPS) is 12.9. The molecule has 1 fully saturated rings. The number of anilines is 1. The molecule has 7 rings (SSSR count). The number of ether oxygens (including phenoxy) is 2. The predicted octanol–water partition coefficient (Wildman–Crippen LogP) is 6.46. The van der Waals surface area contributed by atoms with E-state index in [1.807, 2.05) is 0 Å². The van der Waals surface area contributed by atoms with Gasteiger partial charge in [-0.05, 0) is 49.2 Å². The van der Waals surface area contributed by atoms with Crippen LogP contribution in [0.15, 0.2) is 87.8 Å². The highest BCUT2D eigenvalue weighted by atomic mass is 32.2. The van der Waals surface area contributed by atoms with Crippen LogP contribution in [0, 0.1) is 11.6 Å². The van der Waals surface area contributed by atoms with E-state index in [0.29, 0.717) is 34.1 Å². The van der Waals surface area contributed by atoms with Gasteiger partial charge in [0.05, 0.1) is 7.11 Å². The van der Waals surface area contributed by atoms with Crippen molar-refractivity contribution >= 4 is 40.1 Å². The van der Waals surface area contributed by atoms with Gasteiger partial charge in [-0.1, -0.05) is 25.0 Å². The molecule has 2 aromatic carbocycles. The van der Waals surface area contributed by atoms with Crippen LogP contribution >= 0.6 is 12.0 Å². The number of nitrogens with one attached hydrogen (secondary N) is 1. The maximum absolute atomic E-state index is 13.3. The van der Waals surface area contributed by atoms with E-state index in [0.717, 1.165) is 24.9 Å². The van der Waals surface area contributed by atoms with Gasteiger partial charge in [-0.3, -0.25) is 18.7 Å². The van der Waals surface area contributed by atoms with Crippen LogP contribution in [0.3, 0.4) is 0 Å². The van der Waals surface area contributed by atoms with Crippen LogP contribution in [0.5, 0.6) is 23.0 Å². The molecule has 0 atom stereocenters. The fourth-order valence-electron chi connectivity index (χ4n) is 5.31. The van der Waals surface area contributed by atoms with Gasteiger partial charge in [0.2, 0.25) is 11.1 Å². The monoisotopic (exact) mass is 703 g/mol. The van der Waals surface area contributed by atoms with Crippen molar-refractivity contribution in [2.75, 3.05) is 12.4 Å². The summed E-state index contributed by atoms with van der Waals surface area (Å²) in [7, 11) is 4.55. The van der Waals surface area contributed by atoms with E-state index >= 15 is 0 Å². The lowest BCUT2D eigenvalue weighted by molar-refractivity contribution is -0.160. The SMILES string of the molecule is COOSc1ncc2cc(Oc3cccc(F)c3)c(=O)n(C)c2n1.Cn1c(=O)c(Oc2cccc(F)c2)cc2cnc(NC3CCCC3)nc21. The molecule has 4 aromatic heterocycles. The quantitative estimate of drug-likeness (QED) is 0.0764. The molecule has 0 bridgehead atoms. The second kappa shape index (κ2) is 15.4. The zero-order valence-corrected chi connectivity index (χ0v) is 27.9. The van der Waals surface area contributed by atoms with Gasteiger partial charge in [0.25, 0.3) is 11.1 Å². The molecule has 4 heterocycles. The molecule has 6 aromatic rings. The maximum Gasteiger partial charge on any atom is 0.294 e. The number of pyridine rings is 2. The average molecular weight is 704 g/mol. The summed E-state index contributed by atoms with van der Waals surface area (Å²) in [5.74, 6) is 0.297. The standard InChI is InChI=1S/C19H19FN4O2.C15H12FN3O4S/c1-24-17-12(11-21-19(23-17)22-14-6-2-3-7-14)9-16(18(24)25)26-15-8-4-5-13(20)10-15;1-19-13-9(8-17-15(18-13)24-23-21-2)6-12(14(19)20)22-11-5-3-4-10(16)7-11/h4-5,8-11,14H,2-3,6-7H2,1H3,(H,21,22,23);3-8H,1-2H3. The van der Waals surface area contributed by atoms with Crippen molar-refractivity contribution < 1.29 is 27.5 Å². The van der Waals surface area contributed by atoms with Crippen molar-refractivity contribution in [1.29, 1.82) is 0 Å². The summed E-state index contributed by atoms with van der Waals surface area (Å²) in [6.07, 6.45) is 7.84. The molecule has 0 amide bonds. The fraction of sp³-hybridized carbons (Fsp3) is 0.235. The number of fused-ring (bicyclic) bond motifs is 2. The highest BCUT2D eigenvalue weighted by Crippen LogP contribution is 2.25. The molecule has 1 saturated carbocycles. The van der Waals surface area contributed by atoms with E-state index in [1.165, 1.54) is 77.7 Å². The average Bonchev–Trinajstić information content (AvgIpc) is 3.62. The molecule has 0 aliphatic heterocycles. The summed E-state index contributed by atoms with van der Waals surface area (Å²) in [5.41, 5.74) is 0.183. The number of aromatic nitrogens is 6. The van der Waals surface area contributed by atoms with Crippen LogP contribution in [0.25, 0.3) is 22.1 Å². The predicted molar refractivity (Wildman–Crippen MR) is 182 cm³/mol. The number of nitrogens with zero attached hydrogens (tertiary/aromatic N) is 6. The van der Waals surface area contributed by atoms with Crippen molar-refractivity contribution in [3.63, 3.8) is 0 Å². The first-order valence-corrected chi connectivity index (χ1v) is 16.2. The second-order valence-electron chi connectivity index (χ2n) is 11.2. The summed E-state index contributed by atoms with van der Waals surface area (Å²) in [6.45, 7) is 0. The van der Waals surface area contributed by atoms with Crippen molar-refractivity contribution in [1.82, 2.24) is 29.1 Å². The number of aryl methyl sites for hydroxylation is 2. The third kappa shape index (κ3) is 8.05. The van der Waals surface area contributed by atoms with Crippen LogP contribution in [0.1, 0.15) is 25.7 Å². The van der Waals surface area contributed by atoms with Crippen LogP contribution in [0.2, 0.25) is 0 Å². The molecule has 13 nitrogen and oxygen atoms in total.